The third-order valence-electron chi connectivity index (χ3n) is 9.50. The Kier molecular flexibility index (Phi) is 3.23. The van der Waals surface area contributed by atoms with Gasteiger partial charge in [-0.05, 0) is 115 Å². The van der Waals surface area contributed by atoms with Crippen molar-refractivity contribution < 1.29 is 24.7 Å². The second-order valence-electron chi connectivity index (χ2n) is 12.2. The Morgan fingerprint density at radius 2 is 0.680 bits per heavy atom. The zero-order chi connectivity index (χ0) is 48.4. The average Bonchev–Trinajstić information content (AvgIpc) is 3.33. The van der Waals surface area contributed by atoms with E-state index in [9.17, 15) is 6.85 Å². The first kappa shape index (κ1) is 15.4. The van der Waals surface area contributed by atoms with Crippen LogP contribution in [0.5, 0.6) is 0 Å². The van der Waals surface area contributed by atoms with Crippen LogP contribution >= 0.6 is 0 Å². The molecule has 0 saturated carbocycles. The Labute approximate surface area is 315 Å². The maximum absolute atomic E-state index is 9.40. The van der Waals surface area contributed by atoms with Crippen molar-refractivity contribution in [2.75, 3.05) is 0 Å². The molecule has 0 fully saturated rings. The van der Waals surface area contributed by atoms with E-state index in [1.165, 1.54) is 0 Å². The van der Waals surface area contributed by atoms with E-state index in [4.69, 9.17) is 17.8 Å². The molecule has 0 bridgehead atoms. The van der Waals surface area contributed by atoms with Crippen LogP contribution in [-0.4, -0.2) is 0 Å². The van der Waals surface area contributed by atoms with Crippen LogP contribution in [0.25, 0.3) is 109 Å². The maximum atomic E-state index is 9.40. The maximum Gasteiger partial charge on any atom is 0.0630 e. The van der Waals surface area contributed by atoms with Gasteiger partial charge in [0.2, 0.25) is 0 Å². The molecule has 0 spiro atoms. The normalized spacial score (nSPS) is 17.0. The lowest BCUT2D eigenvalue weighted by atomic mass is 9.86. The van der Waals surface area contributed by atoms with E-state index in [0.29, 0.717) is 22.3 Å². The highest BCUT2D eigenvalue weighted by Gasteiger charge is 2.16. The molecule has 0 amide bonds. The molecule has 0 aliphatic heterocycles. The van der Waals surface area contributed by atoms with Gasteiger partial charge >= 0.3 is 0 Å². The van der Waals surface area contributed by atoms with E-state index in [1.807, 2.05) is 36.4 Å². The van der Waals surface area contributed by atoms with Crippen molar-refractivity contribution in [2.24, 2.45) is 0 Å². The number of hydrogen-bond donors (Lipinski definition) is 0. The molecule has 0 unspecified atom stereocenters. The van der Waals surface area contributed by atoms with Crippen molar-refractivity contribution >= 4 is 64.6 Å². The summed E-state index contributed by atoms with van der Waals surface area (Å²) in [6, 6.07) is 13.2. The summed E-state index contributed by atoms with van der Waals surface area (Å²) in [4.78, 5) is 0. The highest BCUT2D eigenvalue weighted by atomic mass is 14.2. The third-order valence-corrected chi connectivity index (χ3v) is 9.50. The standard InChI is InChI=1S/C50H30/c1-2-6-31(7-3-1)42-27-24-40(43-26-21-39-19-17-35-9-5-11-37-23-29-45(43)50(39)48(35)37)30-46(42)33-14-12-32(13-15-33)41-25-20-38-18-16-34-8-4-10-36-22-28-44(41)49(38)47(34)36/h1-30H/i4D,5D,8D,9D,10D,11D,16D,17D,18D,19D,20D,21D,22D,23D,25D,26D,28D,29D. The van der Waals surface area contributed by atoms with Crippen molar-refractivity contribution in [3.8, 4) is 44.5 Å². The summed E-state index contributed by atoms with van der Waals surface area (Å²) in [6.07, 6.45) is 0. The Bertz CT molecular complexity index is 4040. The van der Waals surface area contributed by atoms with Gasteiger partial charge in [0.15, 0.2) is 0 Å². The zero-order valence-corrected chi connectivity index (χ0v) is 25.9. The van der Waals surface area contributed by atoms with Crippen LogP contribution in [0.2, 0.25) is 0 Å². The fraction of sp³-hybridized carbons (Fsp3) is 0. The summed E-state index contributed by atoms with van der Waals surface area (Å²) in [5.41, 5.74) is 3.58. The molecule has 0 saturated heterocycles. The van der Waals surface area contributed by atoms with Crippen molar-refractivity contribution in [3.05, 3.63) is 182 Å². The Morgan fingerprint density at radius 1 is 0.280 bits per heavy atom. The van der Waals surface area contributed by atoms with Crippen LogP contribution in [0.1, 0.15) is 24.7 Å². The van der Waals surface area contributed by atoms with Gasteiger partial charge in [-0.3, -0.25) is 0 Å². The predicted octanol–water partition coefficient (Wildman–Crippen LogP) is 14.1. The third kappa shape index (κ3) is 4.00. The van der Waals surface area contributed by atoms with Gasteiger partial charge in [-0.15, -0.1) is 0 Å². The highest BCUT2D eigenvalue weighted by Crippen LogP contribution is 2.43. The Balaban J connectivity index is 1.19. The first-order chi connectivity index (χ1) is 32.3. The molecule has 0 aliphatic rings. The van der Waals surface area contributed by atoms with Gasteiger partial charge in [-0.2, -0.15) is 0 Å². The predicted molar refractivity (Wildman–Crippen MR) is 216 cm³/mol. The van der Waals surface area contributed by atoms with Gasteiger partial charge in [0, 0.05) is 0 Å². The molecular formula is C50H30. The molecule has 0 heterocycles. The summed E-state index contributed by atoms with van der Waals surface area (Å²) < 4.78 is 161. The van der Waals surface area contributed by atoms with Crippen LogP contribution < -0.4 is 0 Å². The molecule has 0 aliphatic carbocycles. The summed E-state index contributed by atoms with van der Waals surface area (Å²) in [5.74, 6) is 0. The average molecular weight is 649 g/mol. The SMILES string of the molecule is [2H]c1c([2H])c2c([2H])c([2H])c3c([2H])c([2H])c(-c4ccc(-c5cc(-c6c([2H])c([2H])c7c([2H])c([2H])c8c([2H])c([2H])c([2H])c9c([2H])c([2H])c6c7c89)ccc5-c5ccccc5)cc4)c4c([2H])c([2H])c(c1[2H])c2c34. The van der Waals surface area contributed by atoms with Gasteiger partial charge in [-0.1, -0.05) is 175 Å². The van der Waals surface area contributed by atoms with Crippen LogP contribution in [0.15, 0.2) is 182 Å². The van der Waals surface area contributed by atoms with Gasteiger partial charge in [0.05, 0.1) is 24.7 Å². The minimum atomic E-state index is -0.561. The van der Waals surface area contributed by atoms with E-state index < -0.39 is 96.7 Å². The molecule has 0 aromatic heterocycles. The number of rotatable bonds is 4. The topological polar surface area (TPSA) is 0 Å². The van der Waals surface area contributed by atoms with E-state index in [0.717, 1.165) is 11.1 Å². The lowest BCUT2D eigenvalue weighted by molar-refractivity contribution is 1.57. The number of hydrogen-bond acceptors (Lipinski definition) is 0. The van der Waals surface area contributed by atoms with Crippen molar-refractivity contribution in [1.82, 2.24) is 0 Å². The second kappa shape index (κ2) is 10.5. The fourth-order valence-corrected chi connectivity index (χ4v) is 7.18. The Morgan fingerprint density at radius 3 is 1.22 bits per heavy atom. The smallest absolute Gasteiger partial charge is 0.0622 e. The van der Waals surface area contributed by atoms with Crippen molar-refractivity contribution in [3.63, 3.8) is 0 Å². The lowest BCUT2D eigenvalue weighted by Gasteiger charge is -2.17. The molecular weight excluding hydrogens is 601 g/mol. The largest absolute Gasteiger partial charge is 0.0630 e. The van der Waals surface area contributed by atoms with Gasteiger partial charge in [-0.25, -0.2) is 0 Å². The first-order valence-electron chi connectivity index (χ1n) is 25.0. The van der Waals surface area contributed by atoms with Gasteiger partial charge in [0.25, 0.3) is 0 Å². The fourth-order valence-electron chi connectivity index (χ4n) is 7.18. The van der Waals surface area contributed by atoms with E-state index in [-0.39, 0.29) is 87.8 Å². The summed E-state index contributed by atoms with van der Waals surface area (Å²) in [5, 5.41) is -0.564. The highest BCUT2D eigenvalue weighted by molar-refractivity contribution is 6.26. The summed E-state index contributed by atoms with van der Waals surface area (Å²) >= 11 is 0. The molecule has 11 aromatic carbocycles. The van der Waals surface area contributed by atoms with Crippen LogP contribution in [0.3, 0.4) is 0 Å². The molecule has 11 rings (SSSR count). The van der Waals surface area contributed by atoms with E-state index in [2.05, 4.69) is 0 Å². The molecule has 0 atom stereocenters. The van der Waals surface area contributed by atoms with E-state index in [1.54, 1.807) is 36.4 Å². The molecule has 0 heteroatoms. The van der Waals surface area contributed by atoms with Crippen molar-refractivity contribution in [1.29, 1.82) is 0 Å². The molecule has 11 aromatic rings. The van der Waals surface area contributed by atoms with Gasteiger partial charge < -0.3 is 0 Å². The monoisotopic (exact) mass is 648 g/mol. The summed E-state index contributed by atoms with van der Waals surface area (Å²) in [6.45, 7) is 0. The Hall–Kier alpha value is -6.50. The molecule has 0 radical (unpaired) electrons. The number of benzene rings is 11. The second-order valence-corrected chi connectivity index (χ2v) is 12.2. The van der Waals surface area contributed by atoms with Gasteiger partial charge in [0.1, 0.15) is 0 Å². The van der Waals surface area contributed by atoms with Crippen LogP contribution in [0, 0.1) is 0 Å². The quantitative estimate of drug-likeness (QED) is 0.167. The lowest BCUT2D eigenvalue weighted by Crippen LogP contribution is -1.91. The molecule has 0 N–H and O–H groups in total. The molecule has 230 valence electrons. The van der Waals surface area contributed by atoms with Crippen LogP contribution in [-0.2, 0) is 0 Å². The molecule has 0 nitrogen and oxygen atoms in total. The van der Waals surface area contributed by atoms with Crippen LogP contribution in [0.4, 0.5) is 0 Å². The minimum Gasteiger partial charge on any atom is -0.0622 e. The summed E-state index contributed by atoms with van der Waals surface area (Å²) in [7, 11) is 0. The first-order valence-corrected chi connectivity index (χ1v) is 16.0. The van der Waals surface area contributed by atoms with E-state index >= 15 is 0 Å². The minimum absolute atomic E-state index is 0.0211. The van der Waals surface area contributed by atoms with Crippen molar-refractivity contribution in [2.45, 2.75) is 0 Å². The zero-order valence-electron chi connectivity index (χ0n) is 43.9. The molecule has 50 heavy (non-hydrogen) atoms.